The summed E-state index contributed by atoms with van der Waals surface area (Å²) >= 11 is 8.39. The number of amides is 1. The first-order valence-corrected chi connectivity index (χ1v) is 9.06. The molecule has 0 unspecified atom stereocenters. The molecular weight excluding hydrogens is 434 g/mol. The summed E-state index contributed by atoms with van der Waals surface area (Å²) in [5.74, 6) is -0.0776. The van der Waals surface area contributed by atoms with Crippen LogP contribution in [0.4, 0.5) is 11.4 Å². The molecule has 9 heteroatoms. The minimum atomic E-state index is -0.553. The molecule has 0 aliphatic rings. The molecule has 27 heavy (non-hydrogen) atoms. The average Bonchev–Trinajstić information content (AvgIpc) is 2.62. The zero-order valence-electron chi connectivity index (χ0n) is 14.3. The molecule has 0 spiro atoms. The lowest BCUT2D eigenvalue weighted by molar-refractivity contribution is -0.384. The summed E-state index contributed by atoms with van der Waals surface area (Å²) in [6.45, 7) is 2.17. The second kappa shape index (κ2) is 9.79. The number of rotatable bonds is 6. The first kappa shape index (κ1) is 20.5. The molecule has 0 aliphatic carbocycles. The van der Waals surface area contributed by atoms with Crippen LogP contribution in [0.5, 0.6) is 5.75 Å². The third kappa shape index (κ3) is 6.46. The van der Waals surface area contributed by atoms with E-state index in [1.165, 1.54) is 18.2 Å². The topological polar surface area (TPSA) is 93.5 Å². The Hall–Kier alpha value is -2.78. The Morgan fingerprint density at radius 3 is 2.63 bits per heavy atom. The summed E-state index contributed by atoms with van der Waals surface area (Å²) in [4.78, 5) is 22.6. The lowest BCUT2D eigenvalue weighted by Crippen LogP contribution is -2.33. The van der Waals surface area contributed by atoms with Gasteiger partial charge in [0.15, 0.2) is 5.11 Å². The molecule has 0 aliphatic heterocycles. The molecule has 2 rings (SSSR count). The van der Waals surface area contributed by atoms with Crippen LogP contribution >= 0.6 is 28.1 Å². The van der Waals surface area contributed by atoms with Gasteiger partial charge < -0.3 is 10.1 Å². The number of halogens is 1. The molecule has 2 aromatic carbocycles. The summed E-state index contributed by atoms with van der Waals surface area (Å²) in [5, 5.41) is 16.3. The summed E-state index contributed by atoms with van der Waals surface area (Å²) in [5.41, 5.74) is 0.794. The number of carbonyl (C=O) groups is 1. The Kier molecular flexibility index (Phi) is 7.44. The molecule has 0 saturated heterocycles. The third-order valence-electron chi connectivity index (χ3n) is 3.26. The second-order valence-corrected chi connectivity index (χ2v) is 6.52. The van der Waals surface area contributed by atoms with Crippen LogP contribution in [0.25, 0.3) is 6.08 Å². The van der Waals surface area contributed by atoms with Gasteiger partial charge in [-0.3, -0.25) is 20.2 Å². The van der Waals surface area contributed by atoms with E-state index in [1.54, 1.807) is 19.1 Å². The third-order valence-corrected chi connectivity index (χ3v) is 3.99. The number of hydrogen-bond donors (Lipinski definition) is 2. The number of benzene rings is 2. The minimum Gasteiger partial charge on any atom is -0.494 e. The van der Waals surface area contributed by atoms with E-state index in [0.29, 0.717) is 12.4 Å². The summed E-state index contributed by atoms with van der Waals surface area (Å²) in [7, 11) is 0. The fraction of sp³-hybridized carbons (Fsp3) is 0.111. The monoisotopic (exact) mass is 449 g/mol. The first-order valence-electron chi connectivity index (χ1n) is 7.86. The van der Waals surface area contributed by atoms with Crippen LogP contribution in [0.2, 0.25) is 0 Å². The molecule has 7 nitrogen and oxygen atoms in total. The average molecular weight is 450 g/mol. The van der Waals surface area contributed by atoms with Crippen molar-refractivity contribution in [3.05, 3.63) is 68.7 Å². The van der Waals surface area contributed by atoms with Gasteiger partial charge in [0.1, 0.15) is 11.4 Å². The quantitative estimate of drug-likeness (QED) is 0.295. The molecular formula is C18H16BrN3O4S. The maximum atomic E-state index is 12.0. The van der Waals surface area contributed by atoms with Crippen molar-refractivity contribution >= 4 is 56.6 Å². The van der Waals surface area contributed by atoms with Crippen LogP contribution in [0, 0.1) is 10.1 Å². The van der Waals surface area contributed by atoms with E-state index in [-0.39, 0.29) is 16.5 Å². The second-order valence-electron chi connectivity index (χ2n) is 5.20. The fourth-order valence-electron chi connectivity index (χ4n) is 2.08. The standard InChI is InChI=1S/C18H16BrN3O4S/c1-2-26-14-8-9-15(16(11-14)22(24)25)20-18(27)21-17(23)10-5-12-3-6-13(19)7-4-12/h3-11H,2H2,1H3,(H2,20,21,23,27). The van der Waals surface area contributed by atoms with Crippen molar-refractivity contribution in [2.75, 3.05) is 11.9 Å². The lowest BCUT2D eigenvalue weighted by Gasteiger charge is -2.10. The van der Waals surface area contributed by atoms with E-state index >= 15 is 0 Å². The zero-order chi connectivity index (χ0) is 19.8. The Morgan fingerprint density at radius 1 is 1.30 bits per heavy atom. The number of nitro groups is 1. The van der Waals surface area contributed by atoms with Crippen LogP contribution in [-0.4, -0.2) is 22.5 Å². The number of nitrogens with one attached hydrogen (secondary N) is 2. The molecule has 2 N–H and O–H groups in total. The van der Waals surface area contributed by atoms with Gasteiger partial charge in [-0.15, -0.1) is 0 Å². The summed E-state index contributed by atoms with van der Waals surface area (Å²) in [6.07, 6.45) is 2.95. The van der Waals surface area contributed by atoms with Crippen molar-refractivity contribution in [3.8, 4) is 5.75 Å². The van der Waals surface area contributed by atoms with Crippen LogP contribution in [0.15, 0.2) is 53.0 Å². The van der Waals surface area contributed by atoms with Crippen LogP contribution in [0.3, 0.4) is 0 Å². The van der Waals surface area contributed by atoms with Crippen LogP contribution in [-0.2, 0) is 4.79 Å². The number of ether oxygens (including phenoxy) is 1. The molecule has 2 aromatic rings. The number of anilines is 1. The van der Waals surface area contributed by atoms with Gasteiger partial charge in [-0.25, -0.2) is 0 Å². The minimum absolute atomic E-state index is 0.0484. The summed E-state index contributed by atoms with van der Waals surface area (Å²) < 4.78 is 6.19. The van der Waals surface area contributed by atoms with Crippen molar-refractivity contribution in [3.63, 3.8) is 0 Å². The molecule has 0 atom stereocenters. The van der Waals surface area contributed by atoms with Gasteiger partial charge in [-0.1, -0.05) is 28.1 Å². The molecule has 0 bridgehead atoms. The highest BCUT2D eigenvalue weighted by Crippen LogP contribution is 2.29. The van der Waals surface area contributed by atoms with Gasteiger partial charge in [0.25, 0.3) is 5.69 Å². The molecule has 0 radical (unpaired) electrons. The van der Waals surface area contributed by atoms with Crippen molar-refractivity contribution < 1.29 is 14.5 Å². The van der Waals surface area contributed by atoms with E-state index in [9.17, 15) is 14.9 Å². The van der Waals surface area contributed by atoms with Gasteiger partial charge in [-0.2, -0.15) is 0 Å². The number of carbonyl (C=O) groups excluding carboxylic acids is 1. The maximum absolute atomic E-state index is 12.0. The predicted molar refractivity (Wildman–Crippen MR) is 112 cm³/mol. The Labute approximate surface area is 169 Å². The largest absolute Gasteiger partial charge is 0.494 e. The zero-order valence-corrected chi connectivity index (χ0v) is 16.7. The van der Waals surface area contributed by atoms with Gasteiger partial charge in [0.05, 0.1) is 17.6 Å². The maximum Gasteiger partial charge on any atom is 0.296 e. The smallest absolute Gasteiger partial charge is 0.296 e. The van der Waals surface area contributed by atoms with Gasteiger partial charge >= 0.3 is 0 Å². The van der Waals surface area contributed by atoms with Crippen molar-refractivity contribution in [2.24, 2.45) is 0 Å². The summed E-state index contributed by atoms with van der Waals surface area (Å²) in [6, 6.07) is 11.7. The van der Waals surface area contributed by atoms with E-state index in [4.69, 9.17) is 17.0 Å². The first-order chi connectivity index (χ1) is 12.9. The molecule has 140 valence electrons. The van der Waals surface area contributed by atoms with Gasteiger partial charge in [0, 0.05) is 10.5 Å². The number of hydrogen-bond acceptors (Lipinski definition) is 5. The van der Waals surface area contributed by atoms with Gasteiger partial charge in [0.2, 0.25) is 5.91 Å². The lowest BCUT2D eigenvalue weighted by atomic mass is 10.2. The van der Waals surface area contributed by atoms with E-state index in [2.05, 4.69) is 26.6 Å². The van der Waals surface area contributed by atoms with Crippen LogP contribution < -0.4 is 15.4 Å². The Balaban J connectivity index is 2.01. The van der Waals surface area contributed by atoms with Crippen molar-refractivity contribution in [1.29, 1.82) is 0 Å². The molecule has 0 fully saturated rings. The molecule has 0 heterocycles. The van der Waals surface area contributed by atoms with Crippen molar-refractivity contribution in [2.45, 2.75) is 6.92 Å². The fourth-order valence-corrected chi connectivity index (χ4v) is 2.55. The Morgan fingerprint density at radius 2 is 2.00 bits per heavy atom. The van der Waals surface area contributed by atoms with Gasteiger partial charge in [-0.05, 0) is 55.0 Å². The molecule has 0 saturated carbocycles. The molecule has 0 aromatic heterocycles. The number of nitrogens with zero attached hydrogens (tertiary/aromatic N) is 1. The van der Waals surface area contributed by atoms with Crippen LogP contribution in [0.1, 0.15) is 12.5 Å². The Bertz CT molecular complexity index is 885. The van der Waals surface area contributed by atoms with E-state index < -0.39 is 10.8 Å². The highest BCUT2D eigenvalue weighted by atomic mass is 79.9. The SMILES string of the molecule is CCOc1ccc(NC(=S)NC(=O)C=Cc2ccc(Br)cc2)c([N+](=O)[O-])c1. The van der Waals surface area contributed by atoms with E-state index in [0.717, 1.165) is 10.0 Å². The molecule has 1 amide bonds. The number of nitro benzene ring substituents is 1. The highest BCUT2D eigenvalue weighted by Gasteiger charge is 2.16. The van der Waals surface area contributed by atoms with Crippen molar-refractivity contribution in [1.82, 2.24) is 5.32 Å². The number of thiocarbonyl (C=S) groups is 1. The highest BCUT2D eigenvalue weighted by molar-refractivity contribution is 9.10. The normalized spacial score (nSPS) is 10.4. The predicted octanol–water partition coefficient (Wildman–Crippen LogP) is 4.28. The van der Waals surface area contributed by atoms with E-state index in [1.807, 2.05) is 24.3 Å².